The third-order valence-electron chi connectivity index (χ3n) is 5.64. The van der Waals surface area contributed by atoms with Crippen molar-refractivity contribution in [2.24, 2.45) is 0 Å². The second kappa shape index (κ2) is 9.42. The van der Waals surface area contributed by atoms with E-state index in [4.69, 9.17) is 4.74 Å². The smallest absolute Gasteiger partial charge is 0.338 e. The minimum atomic E-state index is -3.60. The molecule has 0 aliphatic carbocycles. The molecule has 33 heavy (non-hydrogen) atoms. The van der Waals surface area contributed by atoms with E-state index in [9.17, 15) is 18.0 Å². The number of methoxy groups -OCH3 is 1. The van der Waals surface area contributed by atoms with Crippen LogP contribution in [0.15, 0.2) is 52.2 Å². The molecule has 0 atom stereocenters. The van der Waals surface area contributed by atoms with E-state index in [0.717, 1.165) is 33.7 Å². The lowest BCUT2D eigenvalue weighted by Crippen LogP contribution is -2.37. The molecule has 8 nitrogen and oxygen atoms in total. The summed E-state index contributed by atoms with van der Waals surface area (Å²) in [6, 6.07) is 9.83. The summed E-state index contributed by atoms with van der Waals surface area (Å²) in [5.41, 5.74) is 3.95. The lowest BCUT2D eigenvalue weighted by Gasteiger charge is -2.31. The van der Waals surface area contributed by atoms with E-state index in [1.807, 2.05) is 6.92 Å². The molecule has 0 fully saturated rings. The number of hydrogen-bond acceptors (Lipinski definition) is 7. The number of carbonyl (C=O) groups is 2. The van der Waals surface area contributed by atoms with E-state index in [0.29, 0.717) is 19.5 Å². The summed E-state index contributed by atoms with van der Waals surface area (Å²) in [6.45, 7) is 2.73. The molecule has 1 aliphatic heterocycles. The zero-order valence-electron chi connectivity index (χ0n) is 18.2. The summed E-state index contributed by atoms with van der Waals surface area (Å²) in [5.74, 6) is -0.823. The van der Waals surface area contributed by atoms with E-state index < -0.39 is 16.0 Å². The predicted molar refractivity (Wildman–Crippen MR) is 124 cm³/mol. The molecule has 4 rings (SSSR count). The summed E-state index contributed by atoms with van der Waals surface area (Å²) in [7, 11) is -2.32. The average molecular weight is 486 g/mol. The Bertz CT molecular complexity index is 1300. The maximum atomic E-state index is 13.2. The second-order valence-electron chi connectivity index (χ2n) is 7.60. The van der Waals surface area contributed by atoms with Crippen molar-refractivity contribution in [1.82, 2.24) is 14.6 Å². The molecule has 10 heteroatoms. The van der Waals surface area contributed by atoms with Gasteiger partial charge in [-0.3, -0.25) is 9.78 Å². The first-order valence-electron chi connectivity index (χ1n) is 10.3. The Morgan fingerprint density at radius 1 is 1.18 bits per heavy atom. The molecule has 3 heterocycles. The van der Waals surface area contributed by atoms with Gasteiger partial charge in [-0.05, 0) is 53.6 Å². The van der Waals surface area contributed by atoms with Crippen LogP contribution in [0.4, 0.5) is 0 Å². The number of pyridine rings is 1. The van der Waals surface area contributed by atoms with Gasteiger partial charge < -0.3 is 9.64 Å². The van der Waals surface area contributed by atoms with Gasteiger partial charge in [0.2, 0.25) is 10.0 Å². The molecule has 172 valence electrons. The minimum absolute atomic E-state index is 0.126. The fraction of sp³-hybridized carbons (Fsp3) is 0.261. The largest absolute Gasteiger partial charge is 0.465 e. The first-order chi connectivity index (χ1) is 15.8. The molecule has 0 saturated carbocycles. The predicted octanol–water partition coefficient (Wildman–Crippen LogP) is 2.92. The minimum Gasteiger partial charge on any atom is -0.465 e. The summed E-state index contributed by atoms with van der Waals surface area (Å²) < 4.78 is 32.8. The number of thiophene rings is 1. The van der Waals surface area contributed by atoms with Crippen molar-refractivity contribution in [2.45, 2.75) is 30.6 Å². The van der Waals surface area contributed by atoms with Gasteiger partial charge in [0, 0.05) is 31.5 Å². The Morgan fingerprint density at radius 3 is 2.64 bits per heavy atom. The number of carbonyl (C=O) groups excluding carboxylic acids is 2. The van der Waals surface area contributed by atoms with Gasteiger partial charge in [-0.2, -0.15) is 0 Å². The van der Waals surface area contributed by atoms with E-state index in [1.165, 1.54) is 7.11 Å². The number of fused-ring (bicyclic) bond motifs is 1. The number of nitrogens with zero attached hydrogens (tertiary/aromatic N) is 2. The SMILES string of the molecule is COC(=O)c1ccccc1C(=O)N1CCc2c(cnc(C)c2CNS(=O)(=O)c2cccs2)C1. The van der Waals surface area contributed by atoms with Gasteiger partial charge in [-0.1, -0.05) is 18.2 Å². The van der Waals surface area contributed by atoms with Crippen molar-refractivity contribution in [2.75, 3.05) is 13.7 Å². The number of aromatic nitrogens is 1. The first-order valence-corrected chi connectivity index (χ1v) is 12.6. The van der Waals surface area contributed by atoms with Gasteiger partial charge in [0.05, 0.1) is 18.2 Å². The van der Waals surface area contributed by atoms with Crippen molar-refractivity contribution in [3.05, 3.63) is 81.5 Å². The molecule has 1 aliphatic rings. The quantitative estimate of drug-likeness (QED) is 0.538. The highest BCUT2D eigenvalue weighted by Gasteiger charge is 2.28. The summed E-state index contributed by atoms with van der Waals surface area (Å²) in [5, 5.41) is 1.72. The van der Waals surface area contributed by atoms with Gasteiger partial charge in [0.25, 0.3) is 5.91 Å². The maximum Gasteiger partial charge on any atom is 0.338 e. The Balaban J connectivity index is 1.56. The molecule has 0 radical (unpaired) electrons. The third kappa shape index (κ3) is 4.68. The molecule has 0 spiro atoms. The topological polar surface area (TPSA) is 106 Å². The molecule has 0 saturated heterocycles. The highest BCUT2D eigenvalue weighted by atomic mass is 32.2. The molecule has 1 N–H and O–H groups in total. The highest BCUT2D eigenvalue weighted by Crippen LogP contribution is 2.26. The van der Waals surface area contributed by atoms with Crippen LogP contribution >= 0.6 is 11.3 Å². The Kier molecular flexibility index (Phi) is 6.59. The number of benzene rings is 1. The molecule has 2 aromatic heterocycles. The zero-order chi connectivity index (χ0) is 23.6. The van der Waals surface area contributed by atoms with Crippen LogP contribution in [0.5, 0.6) is 0 Å². The summed E-state index contributed by atoms with van der Waals surface area (Å²) in [4.78, 5) is 31.4. The van der Waals surface area contributed by atoms with Gasteiger partial charge in [0.1, 0.15) is 4.21 Å². The van der Waals surface area contributed by atoms with E-state index in [-0.39, 0.29) is 27.8 Å². The van der Waals surface area contributed by atoms with Gasteiger partial charge in [-0.15, -0.1) is 11.3 Å². The monoisotopic (exact) mass is 485 g/mol. The second-order valence-corrected chi connectivity index (χ2v) is 10.5. The van der Waals surface area contributed by atoms with Crippen molar-refractivity contribution < 1.29 is 22.7 Å². The van der Waals surface area contributed by atoms with Crippen LogP contribution in [0, 0.1) is 6.92 Å². The zero-order valence-corrected chi connectivity index (χ0v) is 19.8. The molecular weight excluding hydrogens is 462 g/mol. The van der Waals surface area contributed by atoms with Crippen molar-refractivity contribution >= 4 is 33.2 Å². The van der Waals surface area contributed by atoms with Crippen molar-refractivity contribution in [3.8, 4) is 0 Å². The normalized spacial score (nSPS) is 13.5. The number of sulfonamides is 1. The number of amides is 1. The van der Waals surface area contributed by atoms with Crippen molar-refractivity contribution in [3.63, 3.8) is 0 Å². The van der Waals surface area contributed by atoms with E-state index in [1.54, 1.807) is 52.9 Å². The summed E-state index contributed by atoms with van der Waals surface area (Å²) in [6.07, 6.45) is 2.29. The van der Waals surface area contributed by atoms with Gasteiger partial charge in [0.15, 0.2) is 0 Å². The lowest BCUT2D eigenvalue weighted by atomic mass is 9.94. The van der Waals surface area contributed by atoms with Crippen LogP contribution in [0.2, 0.25) is 0 Å². The average Bonchev–Trinajstić information content (AvgIpc) is 3.38. The molecular formula is C23H23N3O5S2. The van der Waals surface area contributed by atoms with Gasteiger partial charge >= 0.3 is 5.97 Å². The number of nitrogens with one attached hydrogen (secondary N) is 1. The third-order valence-corrected chi connectivity index (χ3v) is 8.44. The standard InChI is InChI=1S/C23H23N3O5S2/c1-15-20(13-25-33(29,30)21-8-5-11-32-21)17-9-10-26(14-16(17)12-24-15)22(27)18-6-3-4-7-19(18)23(28)31-2/h3-8,11-12,25H,9-10,13-14H2,1-2H3. The van der Waals surface area contributed by atoms with Crippen molar-refractivity contribution in [1.29, 1.82) is 0 Å². The van der Waals surface area contributed by atoms with Gasteiger partial charge in [-0.25, -0.2) is 17.9 Å². The van der Waals surface area contributed by atoms with Crippen LogP contribution in [-0.4, -0.2) is 43.8 Å². The highest BCUT2D eigenvalue weighted by molar-refractivity contribution is 7.91. The Labute approximate surface area is 196 Å². The Hall–Kier alpha value is -3.08. The lowest BCUT2D eigenvalue weighted by molar-refractivity contribution is 0.0588. The summed E-state index contributed by atoms with van der Waals surface area (Å²) >= 11 is 1.16. The molecule has 1 amide bonds. The van der Waals surface area contributed by atoms with Crippen LogP contribution in [0.3, 0.4) is 0 Å². The number of esters is 1. The van der Waals surface area contributed by atoms with Crippen LogP contribution in [-0.2, 0) is 34.3 Å². The number of aryl methyl sites for hydroxylation is 1. The van der Waals surface area contributed by atoms with Crippen LogP contribution < -0.4 is 4.72 Å². The number of ether oxygens (including phenoxy) is 1. The molecule has 0 unspecified atom stereocenters. The fourth-order valence-corrected chi connectivity index (χ4v) is 5.95. The first kappa shape index (κ1) is 23.1. The van der Waals surface area contributed by atoms with E-state index >= 15 is 0 Å². The number of rotatable bonds is 6. The number of hydrogen-bond donors (Lipinski definition) is 1. The Morgan fingerprint density at radius 2 is 1.94 bits per heavy atom. The van der Waals surface area contributed by atoms with Crippen LogP contribution in [0.1, 0.15) is 43.1 Å². The molecule has 0 bridgehead atoms. The maximum absolute atomic E-state index is 13.2. The molecule has 1 aromatic carbocycles. The van der Waals surface area contributed by atoms with E-state index in [2.05, 4.69) is 9.71 Å². The molecule has 3 aromatic rings. The van der Waals surface area contributed by atoms with Crippen LogP contribution in [0.25, 0.3) is 0 Å². The fourth-order valence-electron chi connectivity index (χ4n) is 3.91.